The number of hydrogen-bond donors (Lipinski definition) is 3. The van der Waals surface area contributed by atoms with Crippen molar-refractivity contribution >= 4 is 23.0 Å². The number of aromatic nitrogens is 2. The van der Waals surface area contributed by atoms with Gasteiger partial charge in [-0.2, -0.15) is 14.8 Å². The van der Waals surface area contributed by atoms with Gasteiger partial charge < -0.3 is 17.3 Å². The van der Waals surface area contributed by atoms with E-state index in [1.165, 1.54) is 0 Å². The number of benzene rings is 1. The molecule has 0 unspecified atom stereocenters. The summed E-state index contributed by atoms with van der Waals surface area (Å²) in [6, 6.07) is 7.36. The standard InChI is InChI=1S/C11H13N7O/c1-6-2-4-7(5-3-6)16-17-8-9(12)15-11(19)18(14)10(8)13/h2-5H,13-14H2,1H3,(H2,12,15,19). The lowest BCUT2D eigenvalue weighted by Crippen LogP contribution is -2.32. The van der Waals surface area contributed by atoms with Crippen LogP contribution in [0.1, 0.15) is 5.56 Å². The third-order valence-corrected chi connectivity index (χ3v) is 2.47. The van der Waals surface area contributed by atoms with Crippen LogP contribution in [0.2, 0.25) is 0 Å². The van der Waals surface area contributed by atoms with Gasteiger partial charge in [-0.3, -0.25) is 0 Å². The van der Waals surface area contributed by atoms with Crippen LogP contribution in [0, 0.1) is 6.92 Å². The molecule has 1 aromatic carbocycles. The minimum Gasteiger partial charge on any atom is -0.382 e. The average Bonchev–Trinajstić information content (AvgIpc) is 2.38. The largest absolute Gasteiger partial charge is 0.382 e. The van der Waals surface area contributed by atoms with Crippen molar-refractivity contribution in [3.05, 3.63) is 40.3 Å². The zero-order valence-electron chi connectivity index (χ0n) is 10.2. The first-order valence-electron chi connectivity index (χ1n) is 5.40. The first-order chi connectivity index (χ1) is 8.99. The molecule has 19 heavy (non-hydrogen) atoms. The number of hydrogen-bond acceptors (Lipinski definition) is 7. The van der Waals surface area contributed by atoms with Gasteiger partial charge in [0.05, 0.1) is 5.69 Å². The average molecular weight is 259 g/mol. The molecule has 98 valence electrons. The number of azo groups is 1. The second kappa shape index (κ2) is 4.77. The molecule has 0 aliphatic carbocycles. The molecule has 6 N–H and O–H groups in total. The van der Waals surface area contributed by atoms with Gasteiger partial charge in [0, 0.05) is 0 Å². The van der Waals surface area contributed by atoms with E-state index in [4.69, 9.17) is 17.3 Å². The predicted octanol–water partition coefficient (Wildman–Crippen LogP) is 0.845. The summed E-state index contributed by atoms with van der Waals surface area (Å²) in [7, 11) is 0. The molecule has 0 saturated carbocycles. The van der Waals surface area contributed by atoms with Crippen LogP contribution in [0.3, 0.4) is 0 Å². The number of nitrogens with zero attached hydrogens (tertiary/aromatic N) is 4. The fraction of sp³-hybridized carbons (Fsp3) is 0.0909. The van der Waals surface area contributed by atoms with E-state index in [1.54, 1.807) is 12.1 Å². The van der Waals surface area contributed by atoms with Crippen LogP contribution < -0.4 is 23.0 Å². The van der Waals surface area contributed by atoms with Crippen molar-refractivity contribution in [1.29, 1.82) is 0 Å². The summed E-state index contributed by atoms with van der Waals surface area (Å²) in [5, 5.41) is 7.84. The molecule has 0 aliphatic rings. The second-order valence-electron chi connectivity index (χ2n) is 3.92. The van der Waals surface area contributed by atoms with Crippen LogP contribution in [-0.2, 0) is 0 Å². The van der Waals surface area contributed by atoms with Crippen molar-refractivity contribution in [1.82, 2.24) is 9.66 Å². The van der Waals surface area contributed by atoms with Gasteiger partial charge in [0.25, 0.3) is 0 Å². The third-order valence-electron chi connectivity index (χ3n) is 2.47. The summed E-state index contributed by atoms with van der Waals surface area (Å²) in [6.07, 6.45) is 0. The SMILES string of the molecule is Cc1ccc(N=Nc2c(N)nc(=O)n(N)c2N)cc1. The van der Waals surface area contributed by atoms with Gasteiger partial charge in [-0.25, -0.2) is 4.79 Å². The summed E-state index contributed by atoms with van der Waals surface area (Å²) in [5.74, 6) is 5.20. The third kappa shape index (κ3) is 2.51. The molecule has 0 atom stereocenters. The Morgan fingerprint density at radius 1 is 1.16 bits per heavy atom. The molecule has 0 radical (unpaired) electrons. The van der Waals surface area contributed by atoms with Gasteiger partial charge in [0.1, 0.15) is 0 Å². The van der Waals surface area contributed by atoms with Crippen molar-refractivity contribution in [3.63, 3.8) is 0 Å². The topological polar surface area (TPSA) is 138 Å². The van der Waals surface area contributed by atoms with E-state index in [0.29, 0.717) is 10.4 Å². The lowest BCUT2D eigenvalue weighted by molar-refractivity contribution is 0.886. The molecule has 0 fully saturated rings. The molecular weight excluding hydrogens is 246 g/mol. The lowest BCUT2D eigenvalue weighted by atomic mass is 10.2. The maximum absolute atomic E-state index is 11.2. The van der Waals surface area contributed by atoms with E-state index in [2.05, 4.69) is 15.2 Å². The molecule has 0 amide bonds. The molecule has 2 aromatic rings. The van der Waals surface area contributed by atoms with Crippen molar-refractivity contribution in [2.75, 3.05) is 17.3 Å². The fourth-order valence-electron chi connectivity index (χ4n) is 1.38. The molecule has 0 bridgehead atoms. The zero-order valence-corrected chi connectivity index (χ0v) is 10.2. The number of rotatable bonds is 2. The van der Waals surface area contributed by atoms with Crippen molar-refractivity contribution in [2.45, 2.75) is 6.92 Å². The summed E-state index contributed by atoms with van der Waals surface area (Å²) < 4.78 is 0.667. The summed E-state index contributed by atoms with van der Waals surface area (Å²) in [6.45, 7) is 1.96. The van der Waals surface area contributed by atoms with Crippen LogP contribution in [0.15, 0.2) is 39.3 Å². The molecule has 0 spiro atoms. The van der Waals surface area contributed by atoms with Crippen LogP contribution in [0.25, 0.3) is 0 Å². The van der Waals surface area contributed by atoms with E-state index < -0.39 is 5.69 Å². The van der Waals surface area contributed by atoms with Crippen LogP contribution in [-0.4, -0.2) is 9.66 Å². The van der Waals surface area contributed by atoms with E-state index in [9.17, 15) is 4.79 Å². The summed E-state index contributed by atoms with van der Waals surface area (Å²) in [4.78, 5) is 14.7. The van der Waals surface area contributed by atoms with Crippen LogP contribution in [0.5, 0.6) is 0 Å². The highest BCUT2D eigenvalue weighted by Crippen LogP contribution is 2.26. The van der Waals surface area contributed by atoms with E-state index in [1.807, 2.05) is 19.1 Å². The molecule has 8 nitrogen and oxygen atoms in total. The van der Waals surface area contributed by atoms with Gasteiger partial charge in [0.2, 0.25) is 0 Å². The Kier molecular flexibility index (Phi) is 3.15. The Morgan fingerprint density at radius 2 is 1.79 bits per heavy atom. The monoisotopic (exact) mass is 259 g/mol. The van der Waals surface area contributed by atoms with Crippen LogP contribution >= 0.6 is 0 Å². The van der Waals surface area contributed by atoms with E-state index in [-0.39, 0.29) is 17.3 Å². The highest BCUT2D eigenvalue weighted by molar-refractivity contribution is 5.70. The maximum atomic E-state index is 11.2. The zero-order chi connectivity index (χ0) is 14.0. The smallest absolute Gasteiger partial charge is 0.369 e. The van der Waals surface area contributed by atoms with Gasteiger partial charge >= 0.3 is 5.69 Å². The number of nitrogen functional groups attached to an aromatic ring is 3. The molecule has 0 saturated heterocycles. The highest BCUT2D eigenvalue weighted by Gasteiger charge is 2.10. The first kappa shape index (κ1) is 12.6. The number of aryl methyl sites for hydroxylation is 1. The van der Waals surface area contributed by atoms with Crippen molar-refractivity contribution in [3.8, 4) is 0 Å². The second-order valence-corrected chi connectivity index (χ2v) is 3.92. The van der Waals surface area contributed by atoms with E-state index in [0.717, 1.165) is 5.56 Å². The molecular formula is C11H13N7O. The lowest BCUT2D eigenvalue weighted by Gasteiger charge is -2.06. The summed E-state index contributed by atoms with van der Waals surface area (Å²) in [5.41, 5.74) is 12.3. The van der Waals surface area contributed by atoms with Gasteiger partial charge in [0.15, 0.2) is 17.3 Å². The predicted molar refractivity (Wildman–Crippen MR) is 72.8 cm³/mol. The van der Waals surface area contributed by atoms with Crippen molar-refractivity contribution in [2.24, 2.45) is 10.2 Å². The Balaban J connectivity index is 2.41. The minimum atomic E-state index is -0.746. The molecule has 1 aromatic heterocycles. The van der Waals surface area contributed by atoms with Crippen molar-refractivity contribution < 1.29 is 0 Å². The first-order valence-corrected chi connectivity index (χ1v) is 5.40. The Bertz CT molecular complexity index is 687. The summed E-state index contributed by atoms with van der Waals surface area (Å²) >= 11 is 0. The fourth-order valence-corrected chi connectivity index (χ4v) is 1.38. The quantitative estimate of drug-likeness (QED) is 0.542. The number of nitrogens with two attached hydrogens (primary N) is 3. The van der Waals surface area contributed by atoms with Gasteiger partial charge in [-0.1, -0.05) is 17.7 Å². The minimum absolute atomic E-state index is 0.0719. The van der Waals surface area contributed by atoms with E-state index >= 15 is 0 Å². The molecule has 2 rings (SSSR count). The normalized spacial score (nSPS) is 11.0. The van der Waals surface area contributed by atoms with Crippen LogP contribution in [0.4, 0.5) is 23.0 Å². The molecule has 8 heteroatoms. The van der Waals surface area contributed by atoms with Gasteiger partial charge in [-0.05, 0) is 19.1 Å². The maximum Gasteiger partial charge on any atom is 0.369 e. The number of anilines is 2. The Hall–Kier alpha value is -2.90. The van der Waals surface area contributed by atoms with Gasteiger partial charge in [-0.15, -0.1) is 5.11 Å². The molecule has 1 heterocycles. The Labute approximate surface area is 108 Å². The Morgan fingerprint density at radius 3 is 2.42 bits per heavy atom. The highest BCUT2D eigenvalue weighted by atomic mass is 16.1. The molecule has 0 aliphatic heterocycles.